The number of pyridine rings is 1. The van der Waals surface area contributed by atoms with Crippen LogP contribution in [0.3, 0.4) is 0 Å². The molecule has 0 N–H and O–H groups in total. The summed E-state index contributed by atoms with van der Waals surface area (Å²) < 4.78 is 18.9. The van der Waals surface area contributed by atoms with Crippen molar-refractivity contribution in [2.75, 3.05) is 7.11 Å². The zero-order chi connectivity index (χ0) is 28.4. The van der Waals surface area contributed by atoms with Crippen LogP contribution in [0.1, 0.15) is 121 Å². The molecule has 0 aliphatic carbocycles. The van der Waals surface area contributed by atoms with Crippen LogP contribution in [0.4, 0.5) is 4.39 Å². The molecule has 0 amide bonds. The van der Waals surface area contributed by atoms with Gasteiger partial charge in [0.15, 0.2) is 0 Å². The van der Waals surface area contributed by atoms with Crippen molar-refractivity contribution in [2.45, 2.75) is 99.8 Å². The van der Waals surface area contributed by atoms with Gasteiger partial charge < -0.3 is 4.74 Å². The van der Waals surface area contributed by atoms with E-state index in [0.717, 1.165) is 27.3 Å². The van der Waals surface area contributed by atoms with Crippen LogP contribution in [-0.2, 0) is 0 Å². The minimum atomic E-state index is -0.208. The first kappa shape index (κ1) is 32.6. The molecule has 1 aromatic heterocycles. The molecule has 204 valence electrons. The fraction of sp³-hybridized carbons (Fsp3) is 0.485. The van der Waals surface area contributed by atoms with Gasteiger partial charge in [-0.05, 0) is 87.7 Å². The topological polar surface area (TPSA) is 22.1 Å². The largest absolute Gasteiger partial charge is 0.481 e. The van der Waals surface area contributed by atoms with Gasteiger partial charge in [-0.3, -0.25) is 0 Å². The van der Waals surface area contributed by atoms with E-state index in [1.807, 2.05) is 32.9 Å². The Morgan fingerprint density at radius 2 is 1.27 bits per heavy atom. The quantitative estimate of drug-likeness (QED) is 0.318. The van der Waals surface area contributed by atoms with Crippen LogP contribution >= 0.6 is 11.6 Å². The molecule has 4 heteroatoms. The van der Waals surface area contributed by atoms with E-state index in [1.165, 1.54) is 16.7 Å². The maximum atomic E-state index is 13.8. The summed E-state index contributed by atoms with van der Waals surface area (Å²) in [6.07, 6.45) is 1.67. The monoisotopic (exact) mass is 527 g/mol. The molecule has 0 bridgehead atoms. The van der Waals surface area contributed by atoms with Gasteiger partial charge in [0.2, 0.25) is 5.88 Å². The first-order chi connectivity index (χ1) is 17.4. The van der Waals surface area contributed by atoms with Gasteiger partial charge in [-0.15, -0.1) is 0 Å². The highest BCUT2D eigenvalue weighted by Crippen LogP contribution is 2.35. The second-order valence-electron chi connectivity index (χ2n) is 10.4. The Morgan fingerprint density at radius 1 is 0.757 bits per heavy atom. The number of methoxy groups -OCH3 is 1. The van der Waals surface area contributed by atoms with Crippen LogP contribution in [0.15, 0.2) is 42.6 Å². The third kappa shape index (κ3) is 8.85. The lowest BCUT2D eigenvalue weighted by Crippen LogP contribution is -2.00. The van der Waals surface area contributed by atoms with Gasteiger partial charge in [0.25, 0.3) is 0 Å². The summed E-state index contributed by atoms with van der Waals surface area (Å²) in [6, 6.07) is 11.4. The van der Waals surface area contributed by atoms with Crippen molar-refractivity contribution in [3.05, 3.63) is 81.3 Å². The first-order valence-corrected chi connectivity index (χ1v) is 13.9. The summed E-state index contributed by atoms with van der Waals surface area (Å²) in [5, 5.41) is 0.967. The summed E-state index contributed by atoms with van der Waals surface area (Å²) in [5.41, 5.74) is 7.93. The van der Waals surface area contributed by atoms with E-state index < -0.39 is 0 Å². The van der Waals surface area contributed by atoms with Crippen LogP contribution in [0.2, 0.25) is 5.02 Å². The maximum absolute atomic E-state index is 13.8. The molecule has 37 heavy (non-hydrogen) atoms. The molecule has 2 aromatic carbocycles. The number of benzene rings is 2. The fourth-order valence-corrected chi connectivity index (χ4v) is 4.70. The minimum Gasteiger partial charge on any atom is -0.481 e. The van der Waals surface area contributed by atoms with Gasteiger partial charge >= 0.3 is 0 Å². The number of rotatable bonds is 6. The molecule has 3 rings (SSSR count). The molecule has 0 radical (unpaired) electrons. The Balaban J connectivity index is 0.000000352. The summed E-state index contributed by atoms with van der Waals surface area (Å²) >= 11 is 6.48. The molecule has 2 nitrogen and oxygen atoms in total. The Bertz CT molecular complexity index is 1110. The van der Waals surface area contributed by atoms with Crippen LogP contribution in [0.25, 0.3) is 11.1 Å². The van der Waals surface area contributed by atoms with Crippen molar-refractivity contribution in [1.29, 1.82) is 0 Å². The summed E-state index contributed by atoms with van der Waals surface area (Å²) in [6.45, 7) is 23.4. The van der Waals surface area contributed by atoms with Gasteiger partial charge in [0, 0.05) is 17.3 Å². The third-order valence-electron chi connectivity index (χ3n) is 6.35. The van der Waals surface area contributed by atoms with Gasteiger partial charge in [-0.2, -0.15) is 0 Å². The Hall–Kier alpha value is -2.39. The Labute approximate surface area is 230 Å². The molecular formula is C33H47ClFNO. The highest BCUT2D eigenvalue weighted by atomic mass is 35.5. The SMILES string of the molecule is CC.CC(C)c1cc(C(C)C)c(Cl)c(C(C)C)c1.COc1cc(-c2cc(F)cc(C(C)C)c2C)ccn1. The van der Waals surface area contributed by atoms with E-state index in [2.05, 4.69) is 72.5 Å². The number of ether oxygens (including phenoxy) is 1. The van der Waals surface area contributed by atoms with E-state index in [0.29, 0.717) is 23.6 Å². The van der Waals surface area contributed by atoms with Gasteiger partial charge in [-0.1, -0.05) is 93.0 Å². The van der Waals surface area contributed by atoms with Crippen LogP contribution in [-0.4, -0.2) is 12.1 Å². The van der Waals surface area contributed by atoms with Crippen molar-refractivity contribution >= 4 is 11.6 Å². The molecule has 0 saturated carbocycles. The van der Waals surface area contributed by atoms with Crippen molar-refractivity contribution in [3.63, 3.8) is 0 Å². The molecule has 1 heterocycles. The summed E-state index contributed by atoms with van der Waals surface area (Å²) in [4.78, 5) is 4.08. The molecule has 0 unspecified atom stereocenters. The first-order valence-electron chi connectivity index (χ1n) is 13.5. The Kier molecular flexibility index (Phi) is 13.3. The van der Waals surface area contributed by atoms with Crippen molar-refractivity contribution < 1.29 is 9.13 Å². The minimum absolute atomic E-state index is 0.208. The lowest BCUT2D eigenvalue weighted by atomic mass is 9.89. The lowest BCUT2D eigenvalue weighted by Gasteiger charge is -2.19. The molecular weight excluding hydrogens is 481 g/mol. The third-order valence-corrected chi connectivity index (χ3v) is 6.79. The number of nitrogens with zero attached hydrogens (tertiary/aromatic N) is 1. The molecule has 0 aliphatic rings. The average molecular weight is 528 g/mol. The van der Waals surface area contributed by atoms with E-state index in [4.69, 9.17) is 16.3 Å². The normalized spacial score (nSPS) is 10.9. The zero-order valence-electron chi connectivity index (χ0n) is 25.0. The van der Waals surface area contributed by atoms with E-state index in [1.54, 1.807) is 25.4 Å². The highest BCUT2D eigenvalue weighted by molar-refractivity contribution is 6.32. The molecule has 0 fully saturated rings. The molecule has 0 atom stereocenters. The van der Waals surface area contributed by atoms with Crippen molar-refractivity contribution in [2.24, 2.45) is 0 Å². The number of hydrogen-bond donors (Lipinski definition) is 0. The zero-order valence-corrected chi connectivity index (χ0v) is 25.7. The van der Waals surface area contributed by atoms with E-state index in [-0.39, 0.29) is 11.7 Å². The smallest absolute Gasteiger partial charge is 0.213 e. The van der Waals surface area contributed by atoms with Crippen LogP contribution in [0.5, 0.6) is 5.88 Å². The second kappa shape index (κ2) is 15.1. The number of halogens is 2. The fourth-order valence-electron chi connectivity index (χ4n) is 4.16. The maximum Gasteiger partial charge on any atom is 0.213 e. The predicted molar refractivity (Wildman–Crippen MR) is 160 cm³/mol. The van der Waals surface area contributed by atoms with Crippen LogP contribution < -0.4 is 4.74 Å². The van der Waals surface area contributed by atoms with Crippen LogP contribution in [0, 0.1) is 12.7 Å². The highest BCUT2D eigenvalue weighted by Gasteiger charge is 2.15. The molecule has 0 saturated heterocycles. The van der Waals surface area contributed by atoms with E-state index in [9.17, 15) is 4.39 Å². The average Bonchev–Trinajstić information content (AvgIpc) is 2.86. The van der Waals surface area contributed by atoms with Crippen molar-refractivity contribution in [3.8, 4) is 17.0 Å². The molecule has 0 aliphatic heterocycles. The summed E-state index contributed by atoms with van der Waals surface area (Å²) in [5.74, 6) is 2.16. The lowest BCUT2D eigenvalue weighted by molar-refractivity contribution is 0.398. The van der Waals surface area contributed by atoms with Gasteiger partial charge in [0.1, 0.15) is 5.82 Å². The predicted octanol–water partition coefficient (Wildman–Crippen LogP) is 11.1. The standard InChI is InChI=1S/C16H18FNO.C15H23Cl.C2H6/c1-10(2)14-8-13(17)9-15(11(14)3)12-5-6-18-16(7-12)19-4;1-9(2)12-7-13(10(3)4)15(16)14(8-12)11(5)6;1-2/h5-10H,1-4H3;7-11H,1-6H3;1-2H3. The molecule has 0 spiro atoms. The van der Waals surface area contributed by atoms with Gasteiger partial charge in [0.05, 0.1) is 7.11 Å². The van der Waals surface area contributed by atoms with E-state index >= 15 is 0 Å². The van der Waals surface area contributed by atoms with Crippen molar-refractivity contribution in [1.82, 2.24) is 4.98 Å². The number of aromatic nitrogens is 1. The Morgan fingerprint density at radius 3 is 1.70 bits per heavy atom. The van der Waals surface area contributed by atoms with Gasteiger partial charge in [-0.25, -0.2) is 9.37 Å². The second-order valence-corrected chi connectivity index (χ2v) is 10.8. The molecule has 3 aromatic rings. The summed E-state index contributed by atoms with van der Waals surface area (Å²) in [7, 11) is 1.57. The number of hydrogen-bond acceptors (Lipinski definition) is 2.